The average Bonchev–Trinajstić information content (AvgIpc) is 2.89. The van der Waals surface area contributed by atoms with Crippen LogP contribution in [0.25, 0.3) is 0 Å². The van der Waals surface area contributed by atoms with Crippen molar-refractivity contribution < 1.29 is 13.5 Å². The molecular weight excluding hydrogens is 360 g/mol. The summed E-state index contributed by atoms with van der Waals surface area (Å²) in [6.45, 7) is 3.77. The van der Waals surface area contributed by atoms with Gasteiger partial charge in [0.15, 0.2) is 5.96 Å². The number of sulfonamides is 1. The van der Waals surface area contributed by atoms with E-state index in [9.17, 15) is 13.5 Å². The van der Waals surface area contributed by atoms with Crippen molar-refractivity contribution in [3.63, 3.8) is 0 Å². The fourth-order valence-electron chi connectivity index (χ4n) is 1.67. The van der Waals surface area contributed by atoms with E-state index in [1.54, 1.807) is 12.1 Å². The fourth-order valence-corrected chi connectivity index (χ4v) is 3.22. The van der Waals surface area contributed by atoms with Gasteiger partial charge in [-0.2, -0.15) is 0 Å². The van der Waals surface area contributed by atoms with Crippen molar-refractivity contribution in [3.8, 4) is 0 Å². The first-order chi connectivity index (χ1) is 10.8. The number of thiophene rings is 1. The second-order valence-corrected chi connectivity index (χ2v) is 8.40. The lowest BCUT2D eigenvalue weighted by Gasteiger charge is -2.12. The molecule has 0 fully saturated rings. The Labute approximate surface area is 146 Å². The Kier molecular flexibility index (Phi) is 8.85. The molecule has 1 heterocycles. The molecule has 0 radical (unpaired) electrons. The van der Waals surface area contributed by atoms with Crippen molar-refractivity contribution in [2.45, 2.75) is 19.4 Å². The summed E-state index contributed by atoms with van der Waals surface area (Å²) in [5.41, 5.74) is 0. The van der Waals surface area contributed by atoms with Crippen molar-refractivity contribution in [2.75, 3.05) is 32.4 Å². The Hall–Kier alpha value is -0.870. The highest BCUT2D eigenvalue weighted by molar-refractivity contribution is 7.88. The van der Waals surface area contributed by atoms with E-state index >= 15 is 0 Å². The summed E-state index contributed by atoms with van der Waals surface area (Å²) in [6, 6.07) is 3.52. The maximum absolute atomic E-state index is 10.9. The molecule has 132 valence electrons. The van der Waals surface area contributed by atoms with Crippen LogP contribution >= 0.6 is 22.9 Å². The van der Waals surface area contributed by atoms with E-state index in [1.807, 2.05) is 6.92 Å². The van der Waals surface area contributed by atoms with Gasteiger partial charge in [0.05, 0.1) is 17.1 Å². The maximum atomic E-state index is 10.9. The summed E-state index contributed by atoms with van der Waals surface area (Å²) in [4.78, 5) is 5.09. The molecule has 10 heteroatoms. The molecule has 0 amide bonds. The molecular formula is C13H23ClN4O3S2. The lowest BCUT2D eigenvalue weighted by Crippen LogP contribution is -2.39. The van der Waals surface area contributed by atoms with Crippen molar-refractivity contribution in [1.82, 2.24) is 15.4 Å². The SMILES string of the molecule is CCNC(=NCC(O)c1ccc(Cl)s1)NCCCNS(C)(=O)=O. The highest BCUT2D eigenvalue weighted by Gasteiger charge is 2.10. The van der Waals surface area contributed by atoms with Gasteiger partial charge in [0.1, 0.15) is 6.10 Å². The van der Waals surface area contributed by atoms with Gasteiger partial charge in [0, 0.05) is 24.5 Å². The number of hydrogen-bond donors (Lipinski definition) is 4. The summed E-state index contributed by atoms with van der Waals surface area (Å²) in [7, 11) is -3.15. The molecule has 0 aliphatic heterocycles. The minimum Gasteiger partial charge on any atom is -0.386 e. The van der Waals surface area contributed by atoms with Gasteiger partial charge in [0.25, 0.3) is 0 Å². The van der Waals surface area contributed by atoms with Crippen LogP contribution in [0, 0.1) is 0 Å². The van der Waals surface area contributed by atoms with Gasteiger partial charge in [0.2, 0.25) is 10.0 Å². The number of nitrogens with zero attached hydrogens (tertiary/aromatic N) is 1. The molecule has 0 aliphatic rings. The molecule has 7 nitrogen and oxygen atoms in total. The van der Waals surface area contributed by atoms with Gasteiger partial charge in [-0.3, -0.25) is 4.99 Å². The van der Waals surface area contributed by atoms with Crippen LogP contribution < -0.4 is 15.4 Å². The van der Waals surface area contributed by atoms with E-state index < -0.39 is 16.1 Å². The third-order valence-corrected chi connectivity index (χ3v) is 4.76. The first-order valence-electron chi connectivity index (χ1n) is 7.22. The van der Waals surface area contributed by atoms with E-state index in [0.29, 0.717) is 36.4 Å². The van der Waals surface area contributed by atoms with Crippen LogP contribution in [0.15, 0.2) is 17.1 Å². The van der Waals surface area contributed by atoms with E-state index in [-0.39, 0.29) is 6.54 Å². The minimum atomic E-state index is -3.15. The molecule has 23 heavy (non-hydrogen) atoms. The highest BCUT2D eigenvalue weighted by atomic mass is 35.5. The summed E-state index contributed by atoms with van der Waals surface area (Å²) >= 11 is 7.17. The lowest BCUT2D eigenvalue weighted by molar-refractivity contribution is 0.191. The van der Waals surface area contributed by atoms with Gasteiger partial charge in [-0.05, 0) is 25.5 Å². The van der Waals surface area contributed by atoms with Crippen LogP contribution in [0.2, 0.25) is 4.34 Å². The fraction of sp³-hybridized carbons (Fsp3) is 0.615. The Morgan fingerprint density at radius 1 is 1.39 bits per heavy atom. The topological polar surface area (TPSA) is 103 Å². The predicted octanol–water partition coefficient (Wildman–Crippen LogP) is 0.929. The van der Waals surface area contributed by atoms with Gasteiger partial charge >= 0.3 is 0 Å². The Morgan fingerprint density at radius 2 is 2.13 bits per heavy atom. The summed E-state index contributed by atoms with van der Waals surface area (Å²) in [5, 5.41) is 16.2. The third-order valence-electron chi connectivity index (χ3n) is 2.70. The molecule has 0 saturated carbocycles. The maximum Gasteiger partial charge on any atom is 0.208 e. The monoisotopic (exact) mass is 382 g/mol. The molecule has 0 spiro atoms. The molecule has 0 bridgehead atoms. The van der Waals surface area contributed by atoms with Crippen LogP contribution in [0.5, 0.6) is 0 Å². The highest BCUT2D eigenvalue weighted by Crippen LogP contribution is 2.26. The average molecular weight is 383 g/mol. The molecule has 1 aromatic heterocycles. The molecule has 0 saturated heterocycles. The first kappa shape index (κ1) is 20.2. The number of halogens is 1. The number of guanidine groups is 1. The van der Waals surface area contributed by atoms with Crippen LogP contribution in [0.3, 0.4) is 0 Å². The third kappa shape index (κ3) is 9.11. The number of rotatable bonds is 9. The quantitative estimate of drug-likeness (QED) is 0.289. The standard InChI is InChI=1S/C13H23ClN4O3S2/c1-3-15-13(16-7-4-8-18-23(2,20)21)17-9-10(19)11-5-6-12(14)22-11/h5-6,10,18-19H,3-4,7-9H2,1-2H3,(H2,15,16,17). The van der Waals surface area contributed by atoms with Gasteiger partial charge in [-0.15, -0.1) is 11.3 Å². The summed E-state index contributed by atoms with van der Waals surface area (Å²) in [5.74, 6) is 0.577. The Bertz CT molecular complexity index is 604. The van der Waals surface area contributed by atoms with Crippen molar-refractivity contribution in [1.29, 1.82) is 0 Å². The Balaban J connectivity index is 2.40. The molecule has 1 atom stereocenters. The van der Waals surface area contributed by atoms with E-state index in [0.717, 1.165) is 11.1 Å². The van der Waals surface area contributed by atoms with Crippen molar-refractivity contribution in [2.24, 2.45) is 4.99 Å². The van der Waals surface area contributed by atoms with Crippen LogP contribution in [-0.2, 0) is 10.0 Å². The first-order valence-corrected chi connectivity index (χ1v) is 10.3. The van der Waals surface area contributed by atoms with Crippen LogP contribution in [0.4, 0.5) is 0 Å². The molecule has 1 rings (SSSR count). The largest absolute Gasteiger partial charge is 0.386 e. The number of aliphatic imine (C=N–C) groups is 1. The zero-order chi connectivity index (χ0) is 17.3. The van der Waals surface area contributed by atoms with Crippen molar-refractivity contribution in [3.05, 3.63) is 21.3 Å². The Morgan fingerprint density at radius 3 is 2.70 bits per heavy atom. The van der Waals surface area contributed by atoms with Crippen LogP contribution in [-0.4, -0.2) is 51.9 Å². The summed E-state index contributed by atoms with van der Waals surface area (Å²) < 4.78 is 24.9. The lowest BCUT2D eigenvalue weighted by atomic mass is 10.3. The van der Waals surface area contributed by atoms with Gasteiger partial charge in [-0.25, -0.2) is 13.1 Å². The number of hydrogen-bond acceptors (Lipinski definition) is 5. The van der Waals surface area contributed by atoms with Crippen molar-refractivity contribution >= 4 is 38.9 Å². The number of aliphatic hydroxyl groups excluding tert-OH is 1. The normalized spacial score (nSPS) is 13.8. The smallest absolute Gasteiger partial charge is 0.208 e. The number of nitrogens with one attached hydrogen (secondary N) is 3. The second-order valence-electron chi connectivity index (χ2n) is 4.82. The van der Waals surface area contributed by atoms with Gasteiger partial charge in [-0.1, -0.05) is 11.6 Å². The molecule has 1 unspecified atom stereocenters. The zero-order valence-corrected chi connectivity index (χ0v) is 15.6. The molecule has 0 aliphatic carbocycles. The zero-order valence-electron chi connectivity index (χ0n) is 13.2. The second kappa shape index (κ2) is 10.1. The van der Waals surface area contributed by atoms with Gasteiger partial charge < -0.3 is 15.7 Å². The number of aliphatic hydroxyl groups is 1. The minimum absolute atomic E-state index is 0.216. The molecule has 4 N–H and O–H groups in total. The van der Waals surface area contributed by atoms with Crippen LogP contribution in [0.1, 0.15) is 24.3 Å². The predicted molar refractivity (Wildman–Crippen MR) is 95.7 cm³/mol. The van der Waals surface area contributed by atoms with E-state index in [4.69, 9.17) is 11.6 Å². The molecule has 1 aromatic rings. The van der Waals surface area contributed by atoms with E-state index in [2.05, 4.69) is 20.3 Å². The summed E-state index contributed by atoms with van der Waals surface area (Å²) in [6.07, 6.45) is 1.06. The van der Waals surface area contributed by atoms with E-state index in [1.165, 1.54) is 11.3 Å². The molecule has 0 aromatic carbocycles.